The maximum atomic E-state index is 14.6. The van der Waals surface area contributed by atoms with Gasteiger partial charge in [0.05, 0.1) is 5.56 Å². The molecule has 1 heterocycles. The summed E-state index contributed by atoms with van der Waals surface area (Å²) >= 11 is 0. The average molecular weight is 411 g/mol. The van der Waals surface area contributed by atoms with E-state index >= 15 is 0 Å². The average Bonchev–Trinajstić information content (AvgIpc) is 2.75. The van der Waals surface area contributed by atoms with Gasteiger partial charge in [0.2, 0.25) is 0 Å². The number of hydrogen-bond acceptors (Lipinski definition) is 2. The summed E-state index contributed by atoms with van der Waals surface area (Å²) in [5.74, 6) is 5.96. The summed E-state index contributed by atoms with van der Waals surface area (Å²) in [4.78, 5) is 8.60. The third-order valence-electron chi connectivity index (χ3n) is 6.02. The lowest BCUT2D eigenvalue weighted by molar-refractivity contribution is 0.300. The molecule has 1 fully saturated rings. The second kappa shape index (κ2) is 11.2. The monoisotopic (exact) mass is 410 g/mol. The predicted molar refractivity (Wildman–Crippen MR) is 118 cm³/mol. The molecule has 0 bridgehead atoms. The highest BCUT2D eigenvalue weighted by Crippen LogP contribution is 2.31. The standard InChI is InChI=1S/C26H32F2N2/c1-3-5-6-8-21-17-29-26(30-18-21)22-15-24(27)23(25(28)16-22)14-13-20-11-9-19(7-4-2)10-12-20/h15-20H,3-12H2,1-2H3/t19-,20-. The van der Waals surface area contributed by atoms with Crippen molar-refractivity contribution in [3.63, 3.8) is 0 Å². The van der Waals surface area contributed by atoms with Crippen LogP contribution in [0.25, 0.3) is 11.4 Å². The van der Waals surface area contributed by atoms with Crippen molar-refractivity contribution in [1.82, 2.24) is 9.97 Å². The molecule has 1 aromatic carbocycles. The zero-order valence-corrected chi connectivity index (χ0v) is 18.2. The lowest BCUT2D eigenvalue weighted by atomic mass is 9.80. The summed E-state index contributed by atoms with van der Waals surface area (Å²) in [6, 6.07) is 2.58. The van der Waals surface area contributed by atoms with Crippen LogP contribution in [0.5, 0.6) is 0 Å². The summed E-state index contributed by atoms with van der Waals surface area (Å²) in [7, 11) is 0. The van der Waals surface area contributed by atoms with Gasteiger partial charge in [0.25, 0.3) is 0 Å². The van der Waals surface area contributed by atoms with Crippen LogP contribution < -0.4 is 0 Å². The summed E-state index contributed by atoms with van der Waals surface area (Å²) < 4.78 is 29.2. The quantitative estimate of drug-likeness (QED) is 0.359. The predicted octanol–water partition coefficient (Wildman–Crippen LogP) is 7.11. The molecule has 0 atom stereocenters. The van der Waals surface area contributed by atoms with Crippen molar-refractivity contribution in [3.05, 3.63) is 47.3 Å². The molecule has 1 saturated carbocycles. The first-order valence-electron chi connectivity index (χ1n) is 11.4. The molecule has 0 N–H and O–H groups in total. The van der Waals surface area contributed by atoms with Crippen molar-refractivity contribution >= 4 is 0 Å². The molecule has 160 valence electrons. The van der Waals surface area contributed by atoms with Crippen molar-refractivity contribution in [2.75, 3.05) is 0 Å². The number of halogens is 2. The lowest BCUT2D eigenvalue weighted by Gasteiger charge is -2.25. The van der Waals surface area contributed by atoms with Crippen molar-refractivity contribution in [2.45, 2.75) is 78.1 Å². The molecule has 2 aromatic rings. The number of aromatic nitrogens is 2. The van der Waals surface area contributed by atoms with Gasteiger partial charge in [-0.1, -0.05) is 51.4 Å². The van der Waals surface area contributed by atoms with Gasteiger partial charge in [-0.2, -0.15) is 0 Å². The van der Waals surface area contributed by atoms with E-state index in [9.17, 15) is 8.78 Å². The normalized spacial score (nSPS) is 18.7. The summed E-state index contributed by atoms with van der Waals surface area (Å²) in [6.45, 7) is 4.38. The van der Waals surface area contributed by atoms with Gasteiger partial charge >= 0.3 is 0 Å². The van der Waals surface area contributed by atoms with Crippen molar-refractivity contribution < 1.29 is 8.78 Å². The highest BCUT2D eigenvalue weighted by molar-refractivity contribution is 5.57. The first kappa shape index (κ1) is 22.4. The van der Waals surface area contributed by atoms with Crippen LogP contribution >= 0.6 is 0 Å². The number of hydrogen-bond donors (Lipinski definition) is 0. The van der Waals surface area contributed by atoms with E-state index in [1.165, 1.54) is 44.2 Å². The first-order chi connectivity index (χ1) is 14.6. The molecule has 1 aromatic heterocycles. The Bertz CT molecular complexity index is 849. The van der Waals surface area contributed by atoms with Gasteiger partial charge in [-0.25, -0.2) is 18.7 Å². The van der Waals surface area contributed by atoms with Crippen LogP contribution in [0.2, 0.25) is 0 Å². The molecule has 1 aliphatic rings. The second-order valence-electron chi connectivity index (χ2n) is 8.46. The van der Waals surface area contributed by atoms with E-state index < -0.39 is 11.6 Å². The number of rotatable bonds is 7. The van der Waals surface area contributed by atoms with Gasteiger partial charge in [0, 0.05) is 23.9 Å². The number of aryl methyl sites for hydroxylation is 1. The van der Waals surface area contributed by atoms with Crippen LogP contribution in [0.3, 0.4) is 0 Å². The Labute approximate surface area is 179 Å². The molecule has 0 spiro atoms. The molecule has 30 heavy (non-hydrogen) atoms. The molecule has 1 aliphatic carbocycles. The number of unbranched alkanes of at least 4 members (excludes halogenated alkanes) is 2. The Hall–Kier alpha value is -2.28. The molecule has 4 heteroatoms. The molecule has 0 unspecified atom stereocenters. The molecular formula is C26H32F2N2. The molecule has 3 rings (SSSR count). The van der Waals surface area contributed by atoms with Crippen LogP contribution in [-0.4, -0.2) is 9.97 Å². The van der Waals surface area contributed by atoms with Crippen molar-refractivity contribution in [1.29, 1.82) is 0 Å². The van der Waals surface area contributed by atoms with Crippen LogP contribution in [0.1, 0.15) is 82.8 Å². The Morgan fingerprint density at radius 2 is 1.60 bits per heavy atom. The van der Waals surface area contributed by atoms with Gasteiger partial charge < -0.3 is 0 Å². The minimum absolute atomic E-state index is 0.148. The molecular weight excluding hydrogens is 378 g/mol. The van der Waals surface area contributed by atoms with E-state index in [1.807, 2.05) is 0 Å². The van der Waals surface area contributed by atoms with Crippen molar-refractivity contribution in [2.24, 2.45) is 11.8 Å². The summed E-state index contributed by atoms with van der Waals surface area (Å²) in [5, 5.41) is 0. The topological polar surface area (TPSA) is 25.8 Å². The van der Waals surface area contributed by atoms with Crippen LogP contribution in [0.15, 0.2) is 24.5 Å². The Balaban J connectivity index is 1.67. The SMILES string of the molecule is CCCCCc1cnc(-c2cc(F)c(C#C[C@H]3CC[C@H](CCC)CC3)c(F)c2)nc1. The van der Waals surface area contributed by atoms with Gasteiger partial charge in [-0.15, -0.1) is 0 Å². The summed E-state index contributed by atoms with van der Waals surface area (Å²) in [6.07, 6.45) is 14.7. The third kappa shape index (κ3) is 6.11. The molecule has 2 nitrogen and oxygen atoms in total. The van der Waals surface area contributed by atoms with E-state index in [0.717, 1.165) is 43.6 Å². The number of nitrogens with zero attached hydrogens (tertiary/aromatic N) is 2. The lowest BCUT2D eigenvalue weighted by Crippen LogP contribution is -2.13. The fraction of sp³-hybridized carbons (Fsp3) is 0.538. The van der Waals surface area contributed by atoms with Crippen LogP contribution in [-0.2, 0) is 6.42 Å². The van der Waals surface area contributed by atoms with Gasteiger partial charge in [0.1, 0.15) is 11.6 Å². The van der Waals surface area contributed by atoms with E-state index in [0.29, 0.717) is 11.4 Å². The Morgan fingerprint density at radius 3 is 2.20 bits per heavy atom. The van der Waals surface area contributed by atoms with E-state index in [-0.39, 0.29) is 11.5 Å². The fourth-order valence-corrected chi connectivity index (χ4v) is 4.21. The number of benzene rings is 1. The van der Waals surface area contributed by atoms with Gasteiger partial charge in [-0.05, 0) is 62.1 Å². The highest BCUT2D eigenvalue weighted by Gasteiger charge is 2.19. The van der Waals surface area contributed by atoms with Crippen LogP contribution in [0.4, 0.5) is 8.78 Å². The smallest absolute Gasteiger partial charge is 0.159 e. The fourth-order valence-electron chi connectivity index (χ4n) is 4.21. The minimum atomic E-state index is -0.646. The maximum absolute atomic E-state index is 14.6. The summed E-state index contributed by atoms with van der Waals surface area (Å²) in [5.41, 5.74) is 1.24. The maximum Gasteiger partial charge on any atom is 0.159 e. The third-order valence-corrected chi connectivity index (χ3v) is 6.02. The van der Waals surface area contributed by atoms with Gasteiger partial charge in [0.15, 0.2) is 5.82 Å². The Morgan fingerprint density at radius 1 is 0.933 bits per heavy atom. The zero-order chi connectivity index (χ0) is 21.3. The second-order valence-corrected chi connectivity index (χ2v) is 8.46. The van der Waals surface area contributed by atoms with E-state index in [2.05, 4.69) is 35.7 Å². The zero-order valence-electron chi connectivity index (χ0n) is 18.2. The van der Waals surface area contributed by atoms with E-state index in [4.69, 9.17) is 0 Å². The minimum Gasteiger partial charge on any atom is -0.236 e. The molecule has 0 saturated heterocycles. The largest absolute Gasteiger partial charge is 0.236 e. The molecule has 0 amide bonds. The Kier molecular flexibility index (Phi) is 8.37. The molecule has 0 aliphatic heterocycles. The van der Waals surface area contributed by atoms with Gasteiger partial charge in [-0.3, -0.25) is 0 Å². The van der Waals surface area contributed by atoms with E-state index in [1.54, 1.807) is 12.4 Å². The van der Waals surface area contributed by atoms with Crippen LogP contribution in [0, 0.1) is 35.3 Å². The first-order valence-corrected chi connectivity index (χ1v) is 11.4. The highest BCUT2D eigenvalue weighted by atomic mass is 19.1. The van der Waals surface area contributed by atoms with Crippen molar-refractivity contribution in [3.8, 4) is 23.2 Å². The molecule has 0 radical (unpaired) electrons.